The molecule has 0 unspecified atom stereocenters. The Morgan fingerprint density at radius 1 is 0.854 bits per heavy atom. The summed E-state index contributed by atoms with van der Waals surface area (Å²) in [5, 5.41) is 9.23. The number of nitrogens with zero attached hydrogens (tertiary/aromatic N) is 3. The van der Waals surface area contributed by atoms with Crippen molar-refractivity contribution >= 4 is 17.3 Å². The number of alkyl halides is 3. The third-order valence-corrected chi connectivity index (χ3v) is 7.33. The van der Waals surface area contributed by atoms with Crippen molar-refractivity contribution in [1.29, 1.82) is 5.26 Å². The van der Waals surface area contributed by atoms with Crippen LogP contribution in [-0.2, 0) is 12.6 Å². The first-order valence-electron chi connectivity index (χ1n) is 13.4. The molecule has 0 saturated heterocycles. The second kappa shape index (κ2) is 11.7. The predicted molar refractivity (Wildman–Crippen MR) is 155 cm³/mol. The van der Waals surface area contributed by atoms with Gasteiger partial charge in [0.05, 0.1) is 22.9 Å². The van der Waals surface area contributed by atoms with Gasteiger partial charge in [-0.1, -0.05) is 72.8 Å². The number of carbonyl (C=O) groups is 1. The zero-order valence-corrected chi connectivity index (χ0v) is 22.5. The lowest BCUT2D eigenvalue weighted by Crippen LogP contribution is -2.48. The zero-order valence-electron chi connectivity index (χ0n) is 22.5. The Morgan fingerprint density at radius 3 is 2.22 bits per heavy atom. The maximum Gasteiger partial charge on any atom is 0.416 e. The van der Waals surface area contributed by atoms with E-state index in [1.54, 1.807) is 24.0 Å². The fourth-order valence-electron chi connectivity index (χ4n) is 5.21. The van der Waals surface area contributed by atoms with Gasteiger partial charge >= 0.3 is 12.2 Å². The van der Waals surface area contributed by atoms with Crippen LogP contribution in [0.15, 0.2) is 109 Å². The number of rotatable bonds is 7. The third-order valence-electron chi connectivity index (χ3n) is 7.33. The summed E-state index contributed by atoms with van der Waals surface area (Å²) in [7, 11) is 0. The van der Waals surface area contributed by atoms with E-state index in [0.717, 1.165) is 46.4 Å². The molecule has 1 aliphatic heterocycles. The number of anilines is 1. The van der Waals surface area contributed by atoms with E-state index in [-0.39, 0.29) is 11.7 Å². The van der Waals surface area contributed by atoms with Gasteiger partial charge in [0.1, 0.15) is 0 Å². The number of allylic oxidation sites excluding steroid dienone is 1. The van der Waals surface area contributed by atoms with Crippen LogP contribution in [0.5, 0.6) is 0 Å². The van der Waals surface area contributed by atoms with E-state index in [0.29, 0.717) is 30.8 Å². The van der Waals surface area contributed by atoms with Crippen LogP contribution in [-0.4, -0.2) is 24.0 Å². The molecule has 0 aromatic heterocycles. The van der Waals surface area contributed by atoms with Gasteiger partial charge < -0.3 is 4.90 Å². The summed E-state index contributed by atoms with van der Waals surface area (Å²) in [5.41, 5.74) is 5.19. The number of urea groups is 1. The molecule has 7 heteroatoms. The van der Waals surface area contributed by atoms with Crippen molar-refractivity contribution in [3.63, 3.8) is 0 Å². The molecular weight excluding hydrogens is 523 g/mol. The topological polar surface area (TPSA) is 47.3 Å². The van der Waals surface area contributed by atoms with Gasteiger partial charge in [-0.05, 0) is 77.9 Å². The lowest BCUT2D eigenvalue weighted by atomic mass is 9.91. The molecule has 4 aromatic rings. The van der Waals surface area contributed by atoms with Crippen molar-refractivity contribution in [1.82, 2.24) is 4.90 Å². The van der Waals surface area contributed by atoms with Gasteiger partial charge in [-0.2, -0.15) is 18.4 Å². The van der Waals surface area contributed by atoms with Crippen LogP contribution in [0.2, 0.25) is 0 Å². The van der Waals surface area contributed by atoms with Crippen LogP contribution in [0.25, 0.3) is 16.7 Å². The highest BCUT2D eigenvalue weighted by Gasteiger charge is 2.35. The van der Waals surface area contributed by atoms with E-state index in [2.05, 4.69) is 6.07 Å². The second-order valence-electron chi connectivity index (χ2n) is 9.98. The highest BCUT2D eigenvalue weighted by atomic mass is 19.4. The molecular formula is C34H28F3N3O. The summed E-state index contributed by atoms with van der Waals surface area (Å²) >= 11 is 0. The van der Waals surface area contributed by atoms with Gasteiger partial charge in [0.25, 0.3) is 0 Å². The van der Waals surface area contributed by atoms with Gasteiger partial charge in [0, 0.05) is 18.8 Å². The minimum absolute atomic E-state index is 0.170. The van der Waals surface area contributed by atoms with E-state index in [1.807, 2.05) is 66.7 Å². The Balaban J connectivity index is 1.57. The number of amides is 2. The maximum absolute atomic E-state index is 13.8. The van der Waals surface area contributed by atoms with Gasteiger partial charge in [-0.3, -0.25) is 4.90 Å². The first-order chi connectivity index (χ1) is 19.8. The Kier molecular flexibility index (Phi) is 7.93. The molecule has 1 heterocycles. The van der Waals surface area contributed by atoms with E-state index in [9.17, 15) is 23.2 Å². The van der Waals surface area contributed by atoms with Crippen LogP contribution in [0.4, 0.5) is 23.7 Å². The summed E-state index contributed by atoms with van der Waals surface area (Å²) in [5.74, 6) is 0. The molecule has 0 bridgehead atoms. The van der Waals surface area contributed by atoms with E-state index in [1.165, 1.54) is 17.0 Å². The SMILES string of the molecule is CC1=C(c2ccccc2-c2ccc(C#N)cc2)CN(CCCc2ccccc2)C(=O)N1c1cccc(C(F)(F)F)c1. The lowest BCUT2D eigenvalue weighted by molar-refractivity contribution is -0.137. The van der Waals surface area contributed by atoms with E-state index in [4.69, 9.17) is 0 Å². The number of halogens is 3. The highest BCUT2D eigenvalue weighted by molar-refractivity contribution is 6.02. The first-order valence-corrected chi connectivity index (χ1v) is 13.4. The van der Waals surface area contributed by atoms with Gasteiger partial charge in [-0.25, -0.2) is 4.79 Å². The molecule has 0 N–H and O–H groups in total. The molecule has 1 aliphatic rings. The molecule has 0 spiro atoms. The Morgan fingerprint density at radius 2 is 1.54 bits per heavy atom. The number of benzene rings is 4. The summed E-state index contributed by atoms with van der Waals surface area (Å²) in [4.78, 5) is 17.0. The summed E-state index contributed by atoms with van der Waals surface area (Å²) in [6, 6.07) is 31.7. The van der Waals surface area contributed by atoms with Crippen LogP contribution in [0, 0.1) is 11.3 Å². The van der Waals surface area contributed by atoms with Crippen LogP contribution in [0.3, 0.4) is 0 Å². The van der Waals surface area contributed by atoms with Crippen molar-refractivity contribution in [2.45, 2.75) is 25.9 Å². The van der Waals surface area contributed by atoms with E-state index < -0.39 is 11.7 Å². The molecule has 206 valence electrons. The number of nitriles is 1. The summed E-state index contributed by atoms with van der Waals surface area (Å²) in [6.45, 7) is 2.55. The largest absolute Gasteiger partial charge is 0.416 e. The molecule has 41 heavy (non-hydrogen) atoms. The molecule has 0 fully saturated rings. The smallest absolute Gasteiger partial charge is 0.320 e. The maximum atomic E-state index is 13.8. The zero-order chi connectivity index (χ0) is 29.0. The Bertz CT molecular complexity index is 1620. The standard InChI is InChI=1S/C34H28F3N3O/c1-24-32(31-15-6-5-14-30(31)27-18-16-26(22-38)17-19-27)23-39(20-8-11-25-9-3-2-4-10-25)33(41)40(24)29-13-7-12-28(21-29)34(35,36)37/h2-7,9-10,12-19,21H,8,11,20,23H2,1H3. The monoisotopic (exact) mass is 551 g/mol. The molecule has 0 atom stereocenters. The van der Waals surface area contributed by atoms with Crippen molar-refractivity contribution < 1.29 is 18.0 Å². The summed E-state index contributed by atoms with van der Waals surface area (Å²) in [6.07, 6.45) is -3.06. The molecule has 0 radical (unpaired) electrons. The molecule has 4 aromatic carbocycles. The van der Waals surface area contributed by atoms with Crippen molar-refractivity contribution in [2.75, 3.05) is 18.0 Å². The van der Waals surface area contributed by atoms with Crippen LogP contribution < -0.4 is 4.90 Å². The van der Waals surface area contributed by atoms with E-state index >= 15 is 0 Å². The molecule has 0 saturated carbocycles. The minimum atomic E-state index is -4.53. The molecule has 5 rings (SSSR count). The highest BCUT2D eigenvalue weighted by Crippen LogP contribution is 2.38. The third kappa shape index (κ3) is 6.02. The van der Waals surface area contributed by atoms with Crippen LogP contribution >= 0.6 is 0 Å². The summed E-state index contributed by atoms with van der Waals surface area (Å²) < 4.78 is 40.9. The molecule has 2 amide bonds. The lowest BCUT2D eigenvalue weighted by Gasteiger charge is -2.38. The minimum Gasteiger partial charge on any atom is -0.320 e. The van der Waals surface area contributed by atoms with Crippen molar-refractivity contribution in [2.24, 2.45) is 0 Å². The normalized spacial score (nSPS) is 13.9. The van der Waals surface area contributed by atoms with Crippen molar-refractivity contribution in [3.8, 4) is 17.2 Å². The number of hydrogen-bond acceptors (Lipinski definition) is 2. The Labute approximate surface area is 237 Å². The second-order valence-corrected chi connectivity index (χ2v) is 9.98. The molecule has 0 aliphatic carbocycles. The average Bonchev–Trinajstić information content (AvgIpc) is 2.99. The van der Waals surface area contributed by atoms with Gasteiger partial charge in [-0.15, -0.1) is 0 Å². The fraction of sp³-hybridized carbons (Fsp3) is 0.176. The first kappa shape index (κ1) is 27.7. The fourth-order valence-corrected chi connectivity index (χ4v) is 5.21. The number of hydrogen-bond donors (Lipinski definition) is 0. The predicted octanol–water partition coefficient (Wildman–Crippen LogP) is 8.55. The van der Waals surface area contributed by atoms with Crippen LogP contribution in [0.1, 0.15) is 35.6 Å². The van der Waals surface area contributed by atoms with Gasteiger partial charge in [0.2, 0.25) is 0 Å². The molecule has 4 nitrogen and oxygen atoms in total. The van der Waals surface area contributed by atoms with Gasteiger partial charge in [0.15, 0.2) is 0 Å². The Hall–Kier alpha value is -4.83. The number of carbonyl (C=O) groups excluding carboxylic acids is 1. The average molecular weight is 552 g/mol. The van der Waals surface area contributed by atoms with Crippen molar-refractivity contribution in [3.05, 3.63) is 131 Å². The number of aryl methyl sites for hydroxylation is 1. The quantitative estimate of drug-likeness (QED) is 0.231.